The van der Waals surface area contributed by atoms with Crippen LogP contribution in [-0.4, -0.2) is 62.4 Å². The molecular weight excluding hydrogens is 460 g/mol. The minimum absolute atomic E-state index is 0.383. The van der Waals surface area contributed by atoms with Gasteiger partial charge in [-0.25, -0.2) is 0 Å². The first-order valence-electron chi connectivity index (χ1n) is 14.0. The predicted octanol–water partition coefficient (Wildman–Crippen LogP) is 6.38. The third-order valence-electron chi connectivity index (χ3n) is 8.38. The highest BCUT2D eigenvalue weighted by molar-refractivity contribution is 5.93. The summed E-state index contributed by atoms with van der Waals surface area (Å²) in [5, 5.41) is 9.13. The maximum Gasteiger partial charge on any atom is 0.161 e. The monoisotopic (exact) mass is 504 g/mol. The standard InChI is InChI=1S/C31H44N4O2/c1-20(2)30-26-19-25(33-23-9-7-22(8-10-23)32-24-14-16-35(3)17-15-24)11-12-27(26)34-31(30)21-6-13-28(36-4)29(18-21)37-5/h6,11-13,18-20,22-24,32-34H,7-10,14-17H2,1-5H3. The Morgan fingerprint density at radius 3 is 2.19 bits per heavy atom. The first kappa shape index (κ1) is 25.9. The number of H-pyrrole nitrogens is 1. The molecule has 1 saturated carbocycles. The Morgan fingerprint density at radius 2 is 1.51 bits per heavy atom. The van der Waals surface area contributed by atoms with Gasteiger partial charge in [-0.1, -0.05) is 13.8 Å². The van der Waals surface area contributed by atoms with E-state index >= 15 is 0 Å². The number of ether oxygens (including phenoxy) is 2. The normalized spacial score (nSPS) is 21.5. The zero-order chi connectivity index (χ0) is 25.9. The number of aromatic nitrogens is 1. The van der Waals surface area contributed by atoms with Crippen LogP contribution in [0.15, 0.2) is 36.4 Å². The summed E-state index contributed by atoms with van der Waals surface area (Å²) >= 11 is 0. The molecule has 2 aromatic carbocycles. The van der Waals surface area contributed by atoms with Crippen LogP contribution in [0.4, 0.5) is 5.69 Å². The Morgan fingerprint density at radius 1 is 0.838 bits per heavy atom. The van der Waals surface area contributed by atoms with E-state index in [-0.39, 0.29) is 0 Å². The third-order valence-corrected chi connectivity index (χ3v) is 8.38. The Balaban J connectivity index is 1.29. The summed E-state index contributed by atoms with van der Waals surface area (Å²) in [7, 11) is 5.60. The van der Waals surface area contributed by atoms with Crippen molar-refractivity contribution in [3.8, 4) is 22.8 Å². The van der Waals surface area contributed by atoms with Crippen LogP contribution >= 0.6 is 0 Å². The van der Waals surface area contributed by atoms with Gasteiger partial charge in [-0.15, -0.1) is 0 Å². The van der Waals surface area contributed by atoms with Crippen molar-refractivity contribution >= 4 is 16.6 Å². The Bertz CT molecular complexity index is 1190. The molecule has 1 saturated heterocycles. The molecule has 0 unspecified atom stereocenters. The molecule has 2 heterocycles. The smallest absolute Gasteiger partial charge is 0.161 e. The summed E-state index contributed by atoms with van der Waals surface area (Å²) in [5.74, 6) is 1.88. The summed E-state index contributed by atoms with van der Waals surface area (Å²) in [6.07, 6.45) is 7.55. The van der Waals surface area contributed by atoms with E-state index in [0.717, 1.165) is 22.8 Å². The molecule has 200 valence electrons. The minimum atomic E-state index is 0.383. The summed E-state index contributed by atoms with van der Waals surface area (Å²) in [6.45, 7) is 6.99. The van der Waals surface area contributed by atoms with Gasteiger partial charge in [0.15, 0.2) is 11.5 Å². The number of nitrogens with one attached hydrogen (secondary N) is 3. The maximum absolute atomic E-state index is 5.58. The number of rotatable bonds is 8. The molecule has 2 fully saturated rings. The fourth-order valence-corrected chi connectivity index (χ4v) is 6.27. The average molecular weight is 505 g/mol. The highest BCUT2D eigenvalue weighted by atomic mass is 16.5. The van der Waals surface area contributed by atoms with E-state index in [9.17, 15) is 0 Å². The van der Waals surface area contributed by atoms with Crippen molar-refractivity contribution in [1.82, 2.24) is 15.2 Å². The van der Waals surface area contributed by atoms with Gasteiger partial charge < -0.3 is 30.0 Å². The van der Waals surface area contributed by atoms with Crippen LogP contribution in [0, 0.1) is 0 Å². The van der Waals surface area contributed by atoms with Crippen LogP contribution in [0.1, 0.15) is 63.9 Å². The largest absolute Gasteiger partial charge is 0.493 e. The molecular formula is C31H44N4O2. The van der Waals surface area contributed by atoms with Crippen LogP contribution < -0.4 is 20.1 Å². The van der Waals surface area contributed by atoms with Gasteiger partial charge in [0.1, 0.15) is 0 Å². The second-order valence-corrected chi connectivity index (χ2v) is 11.3. The number of aromatic amines is 1. The Labute approximate surface area is 222 Å². The Kier molecular flexibility index (Phi) is 7.96. The zero-order valence-electron chi connectivity index (χ0n) is 23.2. The van der Waals surface area contributed by atoms with E-state index in [0.29, 0.717) is 24.0 Å². The third kappa shape index (κ3) is 5.75. The molecule has 6 nitrogen and oxygen atoms in total. The van der Waals surface area contributed by atoms with Gasteiger partial charge in [-0.05, 0) is 107 Å². The first-order chi connectivity index (χ1) is 17.9. The summed E-state index contributed by atoms with van der Waals surface area (Å²) in [5.41, 5.74) is 6.01. The number of nitrogens with zero attached hydrogens (tertiary/aromatic N) is 1. The number of piperidine rings is 1. The van der Waals surface area contributed by atoms with Crippen molar-refractivity contribution in [3.05, 3.63) is 42.0 Å². The molecule has 0 amide bonds. The second-order valence-electron chi connectivity index (χ2n) is 11.3. The molecule has 0 spiro atoms. The maximum atomic E-state index is 5.58. The summed E-state index contributed by atoms with van der Waals surface area (Å²) < 4.78 is 11.0. The number of benzene rings is 2. The van der Waals surface area contributed by atoms with Crippen molar-refractivity contribution in [3.63, 3.8) is 0 Å². The minimum Gasteiger partial charge on any atom is -0.493 e. The predicted molar refractivity (Wildman–Crippen MR) is 154 cm³/mol. The molecule has 1 aliphatic carbocycles. The molecule has 0 radical (unpaired) electrons. The molecule has 1 aromatic heterocycles. The second kappa shape index (κ2) is 11.4. The fourth-order valence-electron chi connectivity index (χ4n) is 6.27. The summed E-state index contributed by atoms with van der Waals surface area (Å²) in [6, 6.07) is 14.9. The van der Waals surface area contributed by atoms with Crippen molar-refractivity contribution < 1.29 is 9.47 Å². The lowest BCUT2D eigenvalue weighted by Gasteiger charge is -2.36. The van der Waals surface area contributed by atoms with Gasteiger partial charge >= 0.3 is 0 Å². The van der Waals surface area contributed by atoms with Crippen LogP contribution in [-0.2, 0) is 0 Å². The number of hydrogen-bond donors (Lipinski definition) is 3. The number of fused-ring (bicyclic) bond motifs is 1. The zero-order valence-corrected chi connectivity index (χ0v) is 23.2. The van der Waals surface area contributed by atoms with Gasteiger partial charge in [0, 0.05) is 40.3 Å². The van der Waals surface area contributed by atoms with E-state index in [1.165, 1.54) is 73.8 Å². The molecule has 3 aromatic rings. The molecule has 1 aliphatic heterocycles. The SMILES string of the molecule is COc1ccc(-c2[nH]c3ccc(NC4CCC(NC5CCN(C)CC5)CC4)cc3c2C(C)C)cc1OC. The van der Waals surface area contributed by atoms with E-state index < -0.39 is 0 Å². The molecule has 0 bridgehead atoms. The number of likely N-dealkylation sites (tertiary alicyclic amines) is 1. The van der Waals surface area contributed by atoms with Gasteiger partial charge in [-0.2, -0.15) is 0 Å². The van der Waals surface area contributed by atoms with Crippen LogP contribution in [0.2, 0.25) is 0 Å². The van der Waals surface area contributed by atoms with Gasteiger partial charge in [0.05, 0.1) is 19.9 Å². The molecule has 37 heavy (non-hydrogen) atoms. The number of anilines is 1. The molecule has 2 aliphatic rings. The highest BCUT2D eigenvalue weighted by Crippen LogP contribution is 2.40. The fraction of sp³-hybridized carbons (Fsp3) is 0.548. The van der Waals surface area contributed by atoms with Crippen molar-refractivity contribution in [2.75, 3.05) is 39.7 Å². The van der Waals surface area contributed by atoms with Crippen LogP contribution in [0.25, 0.3) is 22.2 Å². The average Bonchev–Trinajstić information content (AvgIpc) is 3.30. The quantitative estimate of drug-likeness (QED) is 0.332. The first-order valence-corrected chi connectivity index (χ1v) is 14.0. The van der Waals surface area contributed by atoms with Crippen molar-refractivity contribution in [2.45, 2.75) is 76.4 Å². The number of hydrogen-bond acceptors (Lipinski definition) is 5. The van der Waals surface area contributed by atoms with E-state index in [4.69, 9.17) is 9.47 Å². The molecule has 3 N–H and O–H groups in total. The summed E-state index contributed by atoms with van der Waals surface area (Å²) in [4.78, 5) is 6.14. The van der Waals surface area contributed by atoms with E-state index in [2.05, 4.69) is 71.7 Å². The van der Waals surface area contributed by atoms with Gasteiger partial charge in [0.2, 0.25) is 0 Å². The lowest BCUT2D eigenvalue weighted by molar-refractivity contribution is 0.211. The Hall–Kier alpha value is -2.70. The lowest BCUT2D eigenvalue weighted by Crippen LogP contribution is -2.47. The lowest BCUT2D eigenvalue weighted by atomic mass is 9.89. The highest BCUT2D eigenvalue weighted by Gasteiger charge is 2.25. The van der Waals surface area contributed by atoms with Crippen molar-refractivity contribution in [2.24, 2.45) is 0 Å². The van der Waals surface area contributed by atoms with Gasteiger partial charge in [-0.3, -0.25) is 0 Å². The molecule has 6 heteroatoms. The van der Waals surface area contributed by atoms with E-state index in [1.54, 1.807) is 14.2 Å². The van der Waals surface area contributed by atoms with E-state index in [1.807, 2.05) is 6.07 Å². The topological polar surface area (TPSA) is 61.5 Å². The number of methoxy groups -OCH3 is 2. The molecule has 0 atom stereocenters. The molecule has 5 rings (SSSR count). The van der Waals surface area contributed by atoms with Crippen molar-refractivity contribution in [1.29, 1.82) is 0 Å². The van der Waals surface area contributed by atoms with Crippen LogP contribution in [0.3, 0.4) is 0 Å². The van der Waals surface area contributed by atoms with Crippen LogP contribution in [0.5, 0.6) is 11.5 Å². The van der Waals surface area contributed by atoms with Gasteiger partial charge in [0.25, 0.3) is 0 Å².